The molecule has 0 atom stereocenters. The van der Waals surface area contributed by atoms with Gasteiger partial charge in [0.25, 0.3) is 0 Å². The summed E-state index contributed by atoms with van der Waals surface area (Å²) in [6.07, 6.45) is 0.650. The molecule has 0 bridgehead atoms. The van der Waals surface area contributed by atoms with Crippen LogP contribution < -0.4 is 5.11 Å². The quantitative estimate of drug-likeness (QED) is 0.543. The number of hydrogen-bond acceptors (Lipinski definition) is 7. The number of carbonyl (C=O) groups excluding carboxylic acids is 2. The van der Waals surface area contributed by atoms with Gasteiger partial charge in [0.05, 0.1) is 18.1 Å². The van der Waals surface area contributed by atoms with E-state index in [1.54, 1.807) is 20.8 Å². The van der Waals surface area contributed by atoms with Crippen molar-refractivity contribution in [2.24, 2.45) is 0 Å². The van der Waals surface area contributed by atoms with Crippen LogP contribution in [0, 0.1) is 25.2 Å². The number of nitrogens with zero attached hydrogens (tertiary/aromatic N) is 2. The first-order valence-corrected chi connectivity index (χ1v) is 7.77. The lowest BCUT2D eigenvalue weighted by Gasteiger charge is -2.14. The molecule has 0 amide bonds. The summed E-state index contributed by atoms with van der Waals surface area (Å²) in [5, 5.41) is 20.2. The van der Waals surface area contributed by atoms with Gasteiger partial charge in [0.2, 0.25) is 0 Å². The minimum atomic E-state index is -1.21. The third-order valence-corrected chi connectivity index (χ3v) is 4.02. The second-order valence-electron chi connectivity index (χ2n) is 4.56. The Bertz CT molecular complexity index is 623. The van der Waals surface area contributed by atoms with E-state index in [1.807, 2.05) is 0 Å². The van der Waals surface area contributed by atoms with Crippen LogP contribution in [0.25, 0.3) is 0 Å². The Hall–Kier alpha value is -2.07. The Balaban J connectivity index is 3.03. The molecule has 0 saturated carbocycles. The Kier molecular flexibility index (Phi) is 6.86. The average Bonchev–Trinajstić information content (AvgIpc) is 2.44. The van der Waals surface area contributed by atoms with Crippen LogP contribution in [0.5, 0.6) is 0 Å². The molecule has 0 N–H and O–H groups in total. The molecular weight excluding hydrogens is 304 g/mol. The van der Waals surface area contributed by atoms with Gasteiger partial charge in [0.1, 0.15) is 11.1 Å². The SMILES string of the molecule is CCOC(=O)CCc1c(C)nc(SCC(=O)[O-])c(C#N)c1C. The van der Waals surface area contributed by atoms with Crippen molar-refractivity contribution in [2.75, 3.05) is 12.4 Å². The molecule has 1 aromatic rings. The molecule has 0 unspecified atom stereocenters. The van der Waals surface area contributed by atoms with Gasteiger partial charge in [-0.3, -0.25) is 4.79 Å². The number of aliphatic carboxylic acids is 1. The maximum Gasteiger partial charge on any atom is 0.306 e. The third kappa shape index (κ3) is 4.74. The highest BCUT2D eigenvalue weighted by atomic mass is 32.2. The van der Waals surface area contributed by atoms with Crippen molar-refractivity contribution in [3.8, 4) is 6.07 Å². The van der Waals surface area contributed by atoms with Crippen LogP contribution in [0.2, 0.25) is 0 Å². The molecular formula is C15H17N2O4S-. The van der Waals surface area contributed by atoms with Gasteiger partial charge in [-0.2, -0.15) is 5.26 Å². The summed E-state index contributed by atoms with van der Waals surface area (Å²) in [4.78, 5) is 26.3. The Morgan fingerprint density at radius 1 is 1.41 bits per heavy atom. The number of aromatic nitrogens is 1. The fraction of sp³-hybridized carbons (Fsp3) is 0.467. The van der Waals surface area contributed by atoms with Gasteiger partial charge in [-0.05, 0) is 38.3 Å². The summed E-state index contributed by atoms with van der Waals surface area (Å²) in [5.74, 6) is -1.77. The van der Waals surface area contributed by atoms with Crippen molar-refractivity contribution in [1.82, 2.24) is 4.98 Å². The Morgan fingerprint density at radius 3 is 2.64 bits per heavy atom. The van der Waals surface area contributed by atoms with Crippen LogP contribution in [0.1, 0.15) is 35.7 Å². The summed E-state index contributed by atoms with van der Waals surface area (Å²) in [5.41, 5.74) is 2.57. The number of carboxylic acid groups (broad SMARTS) is 1. The second kappa shape index (κ2) is 8.39. The molecule has 7 heteroatoms. The predicted molar refractivity (Wildman–Crippen MR) is 79.1 cm³/mol. The standard InChI is InChI=1S/C15H18N2O4S/c1-4-21-14(20)6-5-11-9(2)12(7-16)15(17-10(11)3)22-8-13(18)19/h4-6,8H2,1-3H3,(H,18,19)/p-1. The summed E-state index contributed by atoms with van der Waals surface area (Å²) in [6.45, 7) is 5.62. The molecule has 0 radical (unpaired) electrons. The van der Waals surface area contributed by atoms with E-state index >= 15 is 0 Å². The number of aryl methyl sites for hydroxylation is 1. The zero-order valence-electron chi connectivity index (χ0n) is 12.8. The fourth-order valence-electron chi connectivity index (χ4n) is 2.05. The highest BCUT2D eigenvalue weighted by Crippen LogP contribution is 2.27. The number of rotatable bonds is 7. The van der Waals surface area contributed by atoms with Gasteiger partial charge in [-0.1, -0.05) is 11.8 Å². The lowest BCUT2D eigenvalue weighted by atomic mass is 9.99. The predicted octanol–water partition coefficient (Wildman–Crippen LogP) is 0.908. The summed E-state index contributed by atoms with van der Waals surface area (Å²) >= 11 is 0.962. The van der Waals surface area contributed by atoms with Gasteiger partial charge >= 0.3 is 5.97 Å². The van der Waals surface area contributed by atoms with E-state index in [2.05, 4.69) is 11.1 Å². The lowest BCUT2D eigenvalue weighted by Crippen LogP contribution is -2.24. The van der Waals surface area contributed by atoms with Gasteiger partial charge in [0.15, 0.2) is 0 Å². The van der Waals surface area contributed by atoms with E-state index in [1.165, 1.54) is 0 Å². The van der Waals surface area contributed by atoms with Crippen LogP contribution >= 0.6 is 11.8 Å². The normalized spacial score (nSPS) is 10.1. The Labute approximate surface area is 133 Å². The number of thioether (sulfide) groups is 1. The number of nitriles is 1. The van der Waals surface area contributed by atoms with Crippen LogP contribution in [-0.4, -0.2) is 29.3 Å². The molecule has 0 aliphatic carbocycles. The number of esters is 1. The molecule has 1 aromatic heterocycles. The first kappa shape index (κ1) is 18.0. The van der Waals surface area contributed by atoms with Gasteiger partial charge in [-0.15, -0.1) is 0 Å². The van der Waals surface area contributed by atoms with Gasteiger partial charge in [-0.25, -0.2) is 4.98 Å². The minimum absolute atomic E-state index is 0.216. The van der Waals surface area contributed by atoms with E-state index in [0.29, 0.717) is 29.3 Å². The molecule has 22 heavy (non-hydrogen) atoms. The maximum absolute atomic E-state index is 11.5. The largest absolute Gasteiger partial charge is 0.549 e. The first-order valence-electron chi connectivity index (χ1n) is 6.79. The number of carboxylic acids is 1. The topological polar surface area (TPSA) is 103 Å². The van der Waals surface area contributed by atoms with E-state index in [4.69, 9.17) is 4.74 Å². The van der Waals surface area contributed by atoms with E-state index in [0.717, 1.165) is 22.9 Å². The molecule has 0 saturated heterocycles. The van der Waals surface area contributed by atoms with E-state index in [9.17, 15) is 20.0 Å². The minimum Gasteiger partial charge on any atom is -0.549 e. The number of carbonyl (C=O) groups is 2. The summed E-state index contributed by atoms with van der Waals surface area (Å²) in [7, 11) is 0. The van der Waals surface area contributed by atoms with Crippen LogP contribution in [0.4, 0.5) is 0 Å². The van der Waals surface area contributed by atoms with Crippen LogP contribution in [0.15, 0.2) is 5.03 Å². The molecule has 0 spiro atoms. The molecule has 118 valence electrons. The van der Waals surface area contributed by atoms with E-state index in [-0.39, 0.29) is 18.1 Å². The molecule has 0 aliphatic heterocycles. The summed E-state index contributed by atoms with van der Waals surface area (Å²) < 4.78 is 4.89. The number of hydrogen-bond donors (Lipinski definition) is 0. The fourth-order valence-corrected chi connectivity index (χ4v) is 2.85. The van der Waals surface area contributed by atoms with Crippen LogP contribution in [0.3, 0.4) is 0 Å². The molecule has 6 nitrogen and oxygen atoms in total. The third-order valence-electron chi connectivity index (χ3n) is 3.07. The number of pyridine rings is 1. The zero-order chi connectivity index (χ0) is 16.7. The highest BCUT2D eigenvalue weighted by molar-refractivity contribution is 7.99. The molecule has 0 aromatic carbocycles. The van der Waals surface area contributed by atoms with Crippen molar-refractivity contribution in [3.63, 3.8) is 0 Å². The van der Waals surface area contributed by atoms with Crippen molar-refractivity contribution < 1.29 is 19.4 Å². The molecule has 1 rings (SSSR count). The van der Waals surface area contributed by atoms with E-state index < -0.39 is 5.97 Å². The summed E-state index contributed by atoms with van der Waals surface area (Å²) in [6, 6.07) is 2.06. The zero-order valence-corrected chi connectivity index (χ0v) is 13.6. The average molecular weight is 321 g/mol. The smallest absolute Gasteiger partial charge is 0.306 e. The number of ether oxygens (including phenoxy) is 1. The molecule has 0 fully saturated rings. The van der Waals surface area contributed by atoms with Gasteiger partial charge in [0, 0.05) is 17.9 Å². The van der Waals surface area contributed by atoms with Crippen molar-refractivity contribution >= 4 is 23.7 Å². The monoisotopic (exact) mass is 321 g/mol. The first-order chi connectivity index (χ1) is 10.4. The van der Waals surface area contributed by atoms with Gasteiger partial charge < -0.3 is 14.6 Å². The molecule has 0 aliphatic rings. The maximum atomic E-state index is 11.5. The van der Waals surface area contributed by atoms with Crippen molar-refractivity contribution in [1.29, 1.82) is 5.26 Å². The molecule has 1 heterocycles. The Morgan fingerprint density at radius 2 is 2.09 bits per heavy atom. The van der Waals surface area contributed by atoms with Crippen LogP contribution in [-0.2, 0) is 20.7 Å². The second-order valence-corrected chi connectivity index (χ2v) is 5.52. The lowest BCUT2D eigenvalue weighted by molar-refractivity contribution is -0.301. The van der Waals surface area contributed by atoms with Crippen molar-refractivity contribution in [3.05, 3.63) is 22.4 Å². The highest BCUT2D eigenvalue weighted by Gasteiger charge is 2.16. The van der Waals surface area contributed by atoms with Crippen molar-refractivity contribution in [2.45, 2.75) is 38.6 Å².